The lowest BCUT2D eigenvalue weighted by molar-refractivity contribution is -0.155. The molecular formula is C17H24O5. The summed E-state index contributed by atoms with van der Waals surface area (Å²) in [6, 6.07) is 0. The van der Waals surface area contributed by atoms with Crippen molar-refractivity contribution >= 4 is 11.9 Å². The summed E-state index contributed by atoms with van der Waals surface area (Å²) >= 11 is 0. The minimum atomic E-state index is -1.02. The van der Waals surface area contributed by atoms with Crippen molar-refractivity contribution in [2.24, 2.45) is 11.3 Å². The van der Waals surface area contributed by atoms with E-state index in [1.165, 1.54) is 6.92 Å². The summed E-state index contributed by atoms with van der Waals surface area (Å²) in [6.45, 7) is 8.97. The molecule has 0 bridgehead atoms. The van der Waals surface area contributed by atoms with E-state index in [0.717, 1.165) is 17.6 Å². The van der Waals surface area contributed by atoms with Crippen LogP contribution in [0, 0.1) is 11.3 Å². The summed E-state index contributed by atoms with van der Waals surface area (Å²) in [6.07, 6.45) is 1.51. The Morgan fingerprint density at radius 3 is 2.59 bits per heavy atom. The minimum Gasteiger partial charge on any atom is -0.478 e. The number of carbonyl (C=O) groups excluding carboxylic acids is 1. The topological polar surface area (TPSA) is 83.8 Å². The zero-order chi connectivity index (χ0) is 16.7. The number of fused-ring (bicyclic) bond motifs is 1. The van der Waals surface area contributed by atoms with Crippen LogP contribution in [0.1, 0.15) is 46.5 Å². The maximum absolute atomic E-state index is 11.5. The third kappa shape index (κ3) is 2.82. The molecule has 0 unspecified atom stereocenters. The number of esters is 1. The highest BCUT2D eigenvalue weighted by molar-refractivity contribution is 5.86. The number of carboxylic acids is 1. The van der Waals surface area contributed by atoms with Crippen molar-refractivity contribution in [3.8, 4) is 0 Å². The normalized spacial score (nSPS) is 34.8. The molecule has 5 heteroatoms. The second-order valence-electron chi connectivity index (χ2n) is 6.70. The maximum Gasteiger partial charge on any atom is 0.331 e. The molecular weight excluding hydrogens is 284 g/mol. The van der Waals surface area contributed by atoms with Crippen LogP contribution >= 0.6 is 0 Å². The molecule has 0 radical (unpaired) electrons. The highest BCUT2D eigenvalue weighted by Crippen LogP contribution is 2.53. The third-order valence-electron chi connectivity index (χ3n) is 5.34. The number of hydrogen-bond acceptors (Lipinski definition) is 4. The number of carboxylic acid groups (broad SMARTS) is 1. The molecule has 0 aliphatic heterocycles. The molecule has 0 aromatic carbocycles. The van der Waals surface area contributed by atoms with Gasteiger partial charge < -0.3 is 14.9 Å². The van der Waals surface area contributed by atoms with Crippen LogP contribution in [-0.4, -0.2) is 34.4 Å². The molecule has 2 N–H and O–H groups in total. The fourth-order valence-corrected chi connectivity index (χ4v) is 3.87. The monoisotopic (exact) mass is 308 g/mol. The molecule has 4 atom stereocenters. The molecule has 1 fully saturated rings. The Morgan fingerprint density at radius 1 is 1.41 bits per heavy atom. The van der Waals surface area contributed by atoms with Gasteiger partial charge in [0.05, 0.1) is 6.10 Å². The van der Waals surface area contributed by atoms with E-state index < -0.39 is 12.1 Å². The van der Waals surface area contributed by atoms with Crippen molar-refractivity contribution < 1.29 is 24.5 Å². The van der Waals surface area contributed by atoms with E-state index >= 15 is 0 Å². The van der Waals surface area contributed by atoms with Crippen LogP contribution in [0.4, 0.5) is 0 Å². The van der Waals surface area contributed by atoms with E-state index in [-0.39, 0.29) is 29.0 Å². The van der Waals surface area contributed by atoms with Gasteiger partial charge in [0, 0.05) is 17.9 Å². The van der Waals surface area contributed by atoms with Crippen LogP contribution in [0.15, 0.2) is 23.3 Å². The molecule has 0 aromatic rings. The molecule has 2 aliphatic rings. The second-order valence-corrected chi connectivity index (χ2v) is 6.70. The van der Waals surface area contributed by atoms with Crippen LogP contribution in [0.5, 0.6) is 0 Å². The van der Waals surface area contributed by atoms with Gasteiger partial charge in [-0.3, -0.25) is 4.79 Å². The first kappa shape index (κ1) is 16.7. The van der Waals surface area contributed by atoms with E-state index in [0.29, 0.717) is 19.3 Å². The lowest BCUT2D eigenvalue weighted by Crippen LogP contribution is -2.47. The number of aliphatic hydroxyl groups excluding tert-OH is 1. The van der Waals surface area contributed by atoms with E-state index in [4.69, 9.17) is 4.74 Å². The lowest BCUT2D eigenvalue weighted by Gasteiger charge is -2.49. The second kappa shape index (κ2) is 5.88. The predicted molar refractivity (Wildman–Crippen MR) is 81.1 cm³/mol. The van der Waals surface area contributed by atoms with Crippen molar-refractivity contribution in [3.05, 3.63) is 23.3 Å². The SMILES string of the molecule is C=C(C(=O)O)[C@H]1CC2=C(C)[C@H](O)CC[C@]2(C)[C@@H](OC(C)=O)C1. The predicted octanol–water partition coefficient (Wildman–Crippen LogP) is 2.45. The first-order valence-electron chi connectivity index (χ1n) is 7.64. The van der Waals surface area contributed by atoms with Gasteiger partial charge in [-0.1, -0.05) is 19.1 Å². The van der Waals surface area contributed by atoms with Gasteiger partial charge in [0.15, 0.2) is 0 Å². The van der Waals surface area contributed by atoms with Gasteiger partial charge in [0.1, 0.15) is 6.10 Å². The Kier molecular flexibility index (Phi) is 4.47. The molecule has 122 valence electrons. The van der Waals surface area contributed by atoms with E-state index in [2.05, 4.69) is 6.58 Å². The summed E-state index contributed by atoms with van der Waals surface area (Å²) in [5.74, 6) is -1.66. The summed E-state index contributed by atoms with van der Waals surface area (Å²) in [4.78, 5) is 22.7. The first-order chi connectivity index (χ1) is 10.2. The molecule has 0 spiro atoms. The van der Waals surface area contributed by atoms with E-state index in [9.17, 15) is 19.8 Å². The number of carbonyl (C=O) groups is 2. The number of aliphatic carboxylic acids is 1. The molecule has 5 nitrogen and oxygen atoms in total. The Morgan fingerprint density at radius 2 is 2.05 bits per heavy atom. The molecule has 0 amide bonds. The fraction of sp³-hybridized carbons (Fsp3) is 0.647. The molecule has 0 saturated heterocycles. The van der Waals surface area contributed by atoms with Crippen molar-refractivity contribution in [1.82, 2.24) is 0 Å². The van der Waals surface area contributed by atoms with Gasteiger partial charge in [0.25, 0.3) is 0 Å². The molecule has 2 rings (SSSR count). The van der Waals surface area contributed by atoms with Crippen molar-refractivity contribution in [2.45, 2.75) is 58.7 Å². The van der Waals surface area contributed by atoms with Gasteiger partial charge in [-0.15, -0.1) is 0 Å². The maximum atomic E-state index is 11.5. The molecule has 2 aliphatic carbocycles. The Labute approximate surface area is 130 Å². The van der Waals surface area contributed by atoms with Gasteiger partial charge in [-0.05, 0) is 44.1 Å². The molecule has 0 heterocycles. The van der Waals surface area contributed by atoms with Gasteiger partial charge in [-0.25, -0.2) is 4.79 Å². The van der Waals surface area contributed by atoms with Crippen LogP contribution in [0.2, 0.25) is 0 Å². The zero-order valence-electron chi connectivity index (χ0n) is 13.4. The van der Waals surface area contributed by atoms with Crippen LogP contribution in [0.3, 0.4) is 0 Å². The Bertz CT molecular complexity index is 547. The van der Waals surface area contributed by atoms with Crippen LogP contribution in [0.25, 0.3) is 0 Å². The number of rotatable bonds is 3. The Hall–Kier alpha value is -1.62. The van der Waals surface area contributed by atoms with Gasteiger partial charge in [-0.2, -0.15) is 0 Å². The smallest absolute Gasteiger partial charge is 0.331 e. The number of aliphatic hydroxyl groups is 1. The first-order valence-corrected chi connectivity index (χ1v) is 7.64. The summed E-state index contributed by atoms with van der Waals surface area (Å²) in [7, 11) is 0. The standard InChI is InChI=1S/C17H24O5/c1-9(16(20)21)12-7-13-10(2)14(19)5-6-17(13,4)15(8-12)22-11(3)18/h12,14-15,19H,1,5-8H2,2-4H3,(H,20,21)/t12-,14+,15-,17-/m0/s1. The highest BCUT2D eigenvalue weighted by Gasteiger charge is 2.49. The lowest BCUT2D eigenvalue weighted by atomic mass is 9.59. The molecule has 22 heavy (non-hydrogen) atoms. The average molecular weight is 308 g/mol. The fourth-order valence-electron chi connectivity index (χ4n) is 3.87. The van der Waals surface area contributed by atoms with Gasteiger partial charge in [0.2, 0.25) is 0 Å². The average Bonchev–Trinajstić information content (AvgIpc) is 2.43. The molecule has 1 saturated carbocycles. The Balaban J connectivity index is 2.43. The zero-order valence-corrected chi connectivity index (χ0v) is 13.4. The van der Waals surface area contributed by atoms with Crippen molar-refractivity contribution in [3.63, 3.8) is 0 Å². The largest absolute Gasteiger partial charge is 0.478 e. The quantitative estimate of drug-likeness (QED) is 0.475. The van der Waals surface area contributed by atoms with E-state index in [1.54, 1.807) is 0 Å². The number of ether oxygens (including phenoxy) is 1. The molecule has 0 aromatic heterocycles. The number of hydrogen-bond donors (Lipinski definition) is 2. The van der Waals surface area contributed by atoms with Crippen molar-refractivity contribution in [1.29, 1.82) is 0 Å². The summed E-state index contributed by atoms with van der Waals surface area (Å²) in [5, 5.41) is 19.3. The van der Waals surface area contributed by atoms with Crippen LogP contribution < -0.4 is 0 Å². The summed E-state index contributed by atoms with van der Waals surface area (Å²) in [5.41, 5.74) is 1.72. The summed E-state index contributed by atoms with van der Waals surface area (Å²) < 4.78 is 5.52. The highest BCUT2D eigenvalue weighted by atomic mass is 16.5. The van der Waals surface area contributed by atoms with E-state index in [1.807, 2.05) is 13.8 Å². The van der Waals surface area contributed by atoms with Crippen molar-refractivity contribution in [2.75, 3.05) is 0 Å². The third-order valence-corrected chi connectivity index (χ3v) is 5.34. The van der Waals surface area contributed by atoms with Crippen LogP contribution in [-0.2, 0) is 14.3 Å². The minimum absolute atomic E-state index is 0.138. The van der Waals surface area contributed by atoms with Gasteiger partial charge >= 0.3 is 11.9 Å².